The Labute approximate surface area is 191 Å². The third-order valence-electron chi connectivity index (χ3n) is 6.78. The molecule has 2 fully saturated rings. The summed E-state index contributed by atoms with van der Waals surface area (Å²) in [4.78, 5) is 41.6. The van der Waals surface area contributed by atoms with E-state index in [-0.39, 0.29) is 24.2 Å². The van der Waals surface area contributed by atoms with E-state index >= 15 is 0 Å². The Bertz CT molecular complexity index is 1260. The van der Waals surface area contributed by atoms with Crippen molar-refractivity contribution in [1.82, 2.24) is 15.1 Å². The molecule has 0 aliphatic carbocycles. The van der Waals surface area contributed by atoms with Crippen LogP contribution in [0.1, 0.15) is 30.4 Å². The summed E-state index contributed by atoms with van der Waals surface area (Å²) in [6.07, 6.45) is 0.756. The van der Waals surface area contributed by atoms with Gasteiger partial charge in [-0.3, -0.25) is 14.5 Å². The lowest BCUT2D eigenvalue weighted by Gasteiger charge is -2.23. The van der Waals surface area contributed by atoms with Crippen molar-refractivity contribution >= 4 is 28.6 Å². The van der Waals surface area contributed by atoms with Crippen LogP contribution in [0.5, 0.6) is 0 Å². The van der Waals surface area contributed by atoms with Crippen molar-refractivity contribution in [2.75, 3.05) is 19.6 Å². The lowest BCUT2D eigenvalue weighted by atomic mass is 9.90. The number of benzene rings is 3. The minimum absolute atomic E-state index is 0.112. The van der Waals surface area contributed by atoms with E-state index in [2.05, 4.69) is 5.32 Å². The summed E-state index contributed by atoms with van der Waals surface area (Å²) < 4.78 is 13.2. The number of amides is 4. The highest BCUT2D eigenvalue weighted by atomic mass is 19.1. The Morgan fingerprint density at radius 2 is 1.79 bits per heavy atom. The van der Waals surface area contributed by atoms with Crippen LogP contribution in [0.4, 0.5) is 9.18 Å². The van der Waals surface area contributed by atoms with Crippen molar-refractivity contribution in [2.24, 2.45) is 0 Å². The molecule has 2 aliphatic rings. The maximum atomic E-state index is 13.3. The summed E-state index contributed by atoms with van der Waals surface area (Å²) >= 11 is 0. The van der Waals surface area contributed by atoms with Gasteiger partial charge in [-0.05, 0) is 53.4 Å². The van der Waals surface area contributed by atoms with E-state index < -0.39 is 17.5 Å². The second-order valence-electron chi connectivity index (χ2n) is 8.89. The first kappa shape index (κ1) is 21.1. The van der Waals surface area contributed by atoms with Gasteiger partial charge in [-0.1, -0.05) is 48.5 Å². The van der Waals surface area contributed by atoms with Gasteiger partial charge in [-0.15, -0.1) is 0 Å². The van der Waals surface area contributed by atoms with Crippen LogP contribution in [0, 0.1) is 5.82 Å². The van der Waals surface area contributed by atoms with Gasteiger partial charge in [0, 0.05) is 19.0 Å². The van der Waals surface area contributed by atoms with E-state index in [0.717, 1.165) is 27.7 Å². The van der Waals surface area contributed by atoms with Crippen LogP contribution in [0.15, 0.2) is 66.7 Å². The molecule has 33 heavy (non-hydrogen) atoms. The van der Waals surface area contributed by atoms with Crippen LogP contribution >= 0.6 is 0 Å². The molecule has 6 nitrogen and oxygen atoms in total. The minimum Gasteiger partial charge on any atom is -0.341 e. The second-order valence-corrected chi connectivity index (χ2v) is 8.89. The molecule has 2 heterocycles. The molecule has 1 N–H and O–H groups in total. The van der Waals surface area contributed by atoms with E-state index in [1.165, 1.54) is 12.1 Å². The maximum Gasteiger partial charge on any atom is 0.325 e. The average Bonchev–Trinajstić information content (AvgIpc) is 3.39. The predicted octanol–water partition coefficient (Wildman–Crippen LogP) is 3.76. The van der Waals surface area contributed by atoms with Gasteiger partial charge < -0.3 is 10.2 Å². The van der Waals surface area contributed by atoms with Crippen LogP contribution < -0.4 is 5.32 Å². The summed E-state index contributed by atoms with van der Waals surface area (Å²) in [6.45, 7) is 2.38. The number of hydrogen-bond donors (Lipinski definition) is 1. The molecule has 3 aromatic carbocycles. The topological polar surface area (TPSA) is 69.7 Å². The average molecular weight is 445 g/mol. The monoisotopic (exact) mass is 445 g/mol. The van der Waals surface area contributed by atoms with Gasteiger partial charge in [-0.2, -0.15) is 0 Å². The Hall–Kier alpha value is -3.74. The number of urea groups is 1. The first-order valence-corrected chi connectivity index (χ1v) is 11.0. The Balaban J connectivity index is 1.30. The number of carbonyl (C=O) groups is 3. The molecule has 5 rings (SSSR count). The first-order valence-electron chi connectivity index (χ1n) is 11.0. The first-order chi connectivity index (χ1) is 15.8. The molecule has 0 aromatic heterocycles. The fourth-order valence-electron chi connectivity index (χ4n) is 4.77. The number of halogens is 1. The molecule has 3 aromatic rings. The summed E-state index contributed by atoms with van der Waals surface area (Å²) in [7, 11) is 0. The molecule has 168 valence electrons. The number of fused-ring (bicyclic) bond motifs is 1. The van der Waals surface area contributed by atoms with E-state index in [1.807, 2.05) is 42.5 Å². The number of hydrogen-bond acceptors (Lipinski definition) is 3. The van der Waals surface area contributed by atoms with Crippen molar-refractivity contribution in [3.05, 3.63) is 83.7 Å². The van der Waals surface area contributed by atoms with Crippen LogP contribution in [0.25, 0.3) is 10.8 Å². The van der Waals surface area contributed by atoms with Gasteiger partial charge in [0.05, 0.1) is 0 Å². The van der Waals surface area contributed by atoms with Crippen LogP contribution in [0.2, 0.25) is 0 Å². The molecule has 2 atom stereocenters. The summed E-state index contributed by atoms with van der Waals surface area (Å²) in [5.74, 6) is -0.894. The highest BCUT2D eigenvalue weighted by Crippen LogP contribution is 2.32. The molecule has 2 aliphatic heterocycles. The third-order valence-corrected chi connectivity index (χ3v) is 6.78. The number of nitrogens with one attached hydrogen (secondary N) is 1. The van der Waals surface area contributed by atoms with Gasteiger partial charge in [-0.25, -0.2) is 9.18 Å². The summed E-state index contributed by atoms with van der Waals surface area (Å²) in [5, 5.41) is 4.79. The zero-order chi connectivity index (χ0) is 23.2. The van der Waals surface area contributed by atoms with Gasteiger partial charge in [0.2, 0.25) is 5.91 Å². The molecular formula is C26H24FN3O3. The smallest absolute Gasteiger partial charge is 0.325 e. The summed E-state index contributed by atoms with van der Waals surface area (Å²) in [5.41, 5.74) is 0.417. The van der Waals surface area contributed by atoms with E-state index in [1.54, 1.807) is 24.0 Å². The van der Waals surface area contributed by atoms with Crippen molar-refractivity contribution in [3.8, 4) is 0 Å². The normalized spacial score (nSPS) is 22.8. The van der Waals surface area contributed by atoms with E-state index in [9.17, 15) is 18.8 Å². The quantitative estimate of drug-likeness (QED) is 0.622. The Morgan fingerprint density at radius 3 is 2.55 bits per heavy atom. The summed E-state index contributed by atoms with van der Waals surface area (Å²) in [6, 6.07) is 19.2. The van der Waals surface area contributed by atoms with E-state index in [4.69, 9.17) is 0 Å². The fraction of sp³-hybridized carbons (Fsp3) is 0.269. The molecular weight excluding hydrogens is 421 g/mol. The largest absolute Gasteiger partial charge is 0.341 e. The fourth-order valence-corrected chi connectivity index (χ4v) is 4.77. The number of carbonyl (C=O) groups excluding carboxylic acids is 3. The highest BCUT2D eigenvalue weighted by Gasteiger charge is 2.50. The standard InChI is InChI=1S/C26H24FN3O3/c1-26(21-9-6-17-4-2-3-5-19(17)14-21)24(32)30(25(33)28-26)16-23(31)29-13-12-20(15-29)18-7-10-22(27)11-8-18/h2-11,14,20H,12-13,15-16H2,1H3,(H,28,33). The predicted molar refractivity (Wildman–Crippen MR) is 122 cm³/mol. The highest BCUT2D eigenvalue weighted by molar-refractivity contribution is 6.09. The SMILES string of the molecule is CC1(c2ccc3ccccc3c2)NC(=O)N(CC(=O)N2CCC(c3ccc(F)cc3)C2)C1=O. The molecule has 4 amide bonds. The van der Waals surface area contributed by atoms with Crippen LogP contribution in [0.3, 0.4) is 0 Å². The number of nitrogens with zero attached hydrogens (tertiary/aromatic N) is 2. The van der Waals surface area contributed by atoms with Gasteiger partial charge in [0.25, 0.3) is 5.91 Å². The molecule has 0 saturated carbocycles. The van der Waals surface area contributed by atoms with E-state index in [0.29, 0.717) is 18.7 Å². The molecule has 7 heteroatoms. The van der Waals surface area contributed by atoms with Crippen molar-refractivity contribution < 1.29 is 18.8 Å². The maximum absolute atomic E-state index is 13.3. The van der Waals surface area contributed by atoms with Crippen molar-refractivity contribution in [2.45, 2.75) is 24.8 Å². The van der Waals surface area contributed by atoms with Crippen LogP contribution in [-0.2, 0) is 15.1 Å². The molecule has 0 spiro atoms. The van der Waals surface area contributed by atoms with Gasteiger partial charge >= 0.3 is 6.03 Å². The lowest BCUT2D eigenvalue weighted by Crippen LogP contribution is -2.44. The molecule has 0 bridgehead atoms. The lowest BCUT2D eigenvalue weighted by molar-refractivity contribution is -0.138. The zero-order valence-corrected chi connectivity index (χ0v) is 18.3. The number of likely N-dealkylation sites (tertiary alicyclic amines) is 1. The molecule has 0 radical (unpaired) electrons. The minimum atomic E-state index is -1.23. The zero-order valence-electron chi connectivity index (χ0n) is 18.3. The Kier molecular flexibility index (Phi) is 5.12. The second kappa shape index (κ2) is 7.99. The van der Waals surface area contributed by atoms with Gasteiger partial charge in [0.15, 0.2) is 0 Å². The number of imide groups is 1. The van der Waals surface area contributed by atoms with Crippen molar-refractivity contribution in [1.29, 1.82) is 0 Å². The molecule has 2 unspecified atom stereocenters. The van der Waals surface area contributed by atoms with Gasteiger partial charge in [0.1, 0.15) is 17.9 Å². The van der Waals surface area contributed by atoms with Crippen molar-refractivity contribution in [3.63, 3.8) is 0 Å². The Morgan fingerprint density at radius 1 is 1.06 bits per heavy atom. The third kappa shape index (κ3) is 3.73. The molecule has 2 saturated heterocycles. The number of rotatable bonds is 4. The van der Waals surface area contributed by atoms with Crippen LogP contribution in [-0.4, -0.2) is 47.3 Å².